The number of carbonyl (C=O) groups is 2. The van der Waals surface area contributed by atoms with E-state index in [2.05, 4.69) is 4.98 Å². The number of aryl methyl sites for hydroxylation is 1. The molecule has 1 aliphatic heterocycles. The molecule has 0 saturated carbocycles. The summed E-state index contributed by atoms with van der Waals surface area (Å²) in [6.45, 7) is 11.0. The van der Waals surface area contributed by atoms with Crippen molar-refractivity contribution >= 4 is 29.2 Å². The summed E-state index contributed by atoms with van der Waals surface area (Å²) in [6, 6.07) is 0. The van der Waals surface area contributed by atoms with Crippen molar-refractivity contribution < 1.29 is 29.3 Å². The third kappa shape index (κ3) is 8.34. The van der Waals surface area contributed by atoms with E-state index in [0.29, 0.717) is 0 Å². The Hall–Kier alpha value is -1.87. The topological polar surface area (TPSA) is 106 Å². The molecule has 0 aromatic carbocycles. The van der Waals surface area contributed by atoms with Gasteiger partial charge in [-0.15, -0.1) is 11.3 Å². The third-order valence-corrected chi connectivity index (χ3v) is 7.71. The van der Waals surface area contributed by atoms with Gasteiger partial charge in [0.05, 0.1) is 29.3 Å². The molecule has 1 aromatic heterocycles. The highest BCUT2D eigenvalue weighted by molar-refractivity contribution is 7.09. The van der Waals surface area contributed by atoms with E-state index < -0.39 is 42.2 Å². The number of methoxy groups -OCH3 is 1. The average molecular weight is 508 g/mol. The van der Waals surface area contributed by atoms with Crippen LogP contribution in [0.25, 0.3) is 6.08 Å². The first kappa shape index (κ1) is 29.4. The molecule has 2 heterocycles. The molecule has 0 radical (unpaired) electrons. The Balaban J connectivity index is 2.40. The number of thiazole rings is 1. The average Bonchev–Trinajstić information content (AvgIpc) is 3.22. The Morgan fingerprint density at radius 2 is 1.89 bits per heavy atom. The second-order valence-electron chi connectivity index (χ2n) is 9.91. The number of allylic oxidation sites excluding steroid dienone is 1. The van der Waals surface area contributed by atoms with Gasteiger partial charge in [0, 0.05) is 24.3 Å². The Bertz CT molecular complexity index is 923. The van der Waals surface area contributed by atoms with Gasteiger partial charge in [-0.3, -0.25) is 9.59 Å². The minimum Gasteiger partial charge on any atom is -0.455 e. The minimum absolute atomic E-state index is 0.0679. The van der Waals surface area contributed by atoms with E-state index in [-0.39, 0.29) is 18.1 Å². The zero-order valence-electron chi connectivity index (χ0n) is 22.0. The Kier molecular flexibility index (Phi) is 11.3. The lowest BCUT2D eigenvalue weighted by molar-refractivity contribution is -0.155. The fourth-order valence-corrected chi connectivity index (χ4v) is 5.07. The van der Waals surface area contributed by atoms with Crippen LogP contribution in [0.2, 0.25) is 0 Å². The summed E-state index contributed by atoms with van der Waals surface area (Å²) >= 11 is 1.54. The van der Waals surface area contributed by atoms with Crippen LogP contribution in [0.5, 0.6) is 0 Å². The zero-order chi connectivity index (χ0) is 26.3. The molecule has 2 N–H and O–H groups in total. The number of aromatic nitrogens is 1. The van der Waals surface area contributed by atoms with Crippen LogP contribution in [0, 0.1) is 24.7 Å². The number of esters is 1. The summed E-state index contributed by atoms with van der Waals surface area (Å²) in [5, 5.41) is 24.2. The van der Waals surface area contributed by atoms with Crippen molar-refractivity contribution in [2.24, 2.45) is 17.8 Å². The third-order valence-electron chi connectivity index (χ3n) is 6.92. The molecule has 0 saturated heterocycles. The molecule has 0 amide bonds. The smallest absolute Gasteiger partial charge is 0.309 e. The number of cyclic esters (lactones) is 1. The fraction of sp³-hybridized carbons (Fsp3) is 0.667. The van der Waals surface area contributed by atoms with Gasteiger partial charge in [-0.2, -0.15) is 0 Å². The molecule has 0 spiro atoms. The Morgan fingerprint density at radius 3 is 2.49 bits per heavy atom. The van der Waals surface area contributed by atoms with E-state index in [1.54, 1.807) is 21.0 Å². The lowest BCUT2D eigenvalue weighted by atomic mass is 9.81. The molecule has 7 atom stereocenters. The first-order valence-corrected chi connectivity index (χ1v) is 13.2. The number of hydrogen-bond donors (Lipinski definition) is 2. The number of aliphatic hydroxyl groups excluding tert-OH is 2. The first-order valence-electron chi connectivity index (χ1n) is 12.3. The number of nitrogens with zero attached hydrogens (tertiary/aromatic N) is 1. The Labute approximate surface area is 213 Å². The second-order valence-corrected chi connectivity index (χ2v) is 11.0. The van der Waals surface area contributed by atoms with Gasteiger partial charge in [-0.25, -0.2) is 4.98 Å². The van der Waals surface area contributed by atoms with Gasteiger partial charge in [-0.1, -0.05) is 32.4 Å². The number of hydrogen-bond acceptors (Lipinski definition) is 8. The van der Waals surface area contributed by atoms with Crippen molar-refractivity contribution in [1.29, 1.82) is 0 Å². The van der Waals surface area contributed by atoms with Crippen LogP contribution in [0.15, 0.2) is 22.6 Å². The second kappa shape index (κ2) is 13.4. The number of aliphatic hydroxyl groups is 2. The largest absolute Gasteiger partial charge is 0.455 e. The molecule has 0 fully saturated rings. The van der Waals surface area contributed by atoms with Crippen molar-refractivity contribution in [3.63, 3.8) is 0 Å². The molecule has 7 nitrogen and oxygen atoms in total. The maximum absolute atomic E-state index is 12.9. The molecule has 8 heteroatoms. The van der Waals surface area contributed by atoms with E-state index in [1.165, 1.54) is 11.3 Å². The summed E-state index contributed by atoms with van der Waals surface area (Å²) in [7, 11) is 1.57. The molecule has 1 aliphatic rings. The molecule has 35 heavy (non-hydrogen) atoms. The van der Waals surface area contributed by atoms with Gasteiger partial charge >= 0.3 is 5.97 Å². The molecule has 0 bridgehead atoms. The fourth-order valence-electron chi connectivity index (χ4n) is 4.50. The summed E-state index contributed by atoms with van der Waals surface area (Å²) in [5.74, 6) is -2.38. The maximum atomic E-state index is 12.9. The number of Topliss-reactive ketones (excluding diaryl/α,β-unsaturated/α-hetero) is 1. The standard InChI is InChI=1S/C27H41NO6S/c1-15-9-8-10-16(2)25(31)19(5)26(32)18(4)22(29)13-24(30)34-27(23(11-15)33-7)17(3)12-21-14-35-20(6)28-21/h11-12,14,16,18-19,22-23,25,27,29,31H,8-10,13H2,1-7H3/b15-11-,17-12+/t16-,18?,19+,22-,23?,25-,27+/m0/s1. The normalized spacial score (nSPS) is 34.3. The minimum atomic E-state index is -1.21. The van der Waals surface area contributed by atoms with E-state index in [0.717, 1.165) is 41.1 Å². The summed E-state index contributed by atoms with van der Waals surface area (Å²) in [5.41, 5.74) is 2.64. The van der Waals surface area contributed by atoms with Crippen molar-refractivity contribution in [2.45, 2.75) is 91.6 Å². The van der Waals surface area contributed by atoms with E-state index in [1.807, 2.05) is 45.2 Å². The zero-order valence-corrected chi connectivity index (χ0v) is 22.8. The van der Waals surface area contributed by atoms with Crippen LogP contribution in [-0.2, 0) is 19.1 Å². The van der Waals surface area contributed by atoms with Gasteiger partial charge < -0.3 is 19.7 Å². The lowest BCUT2D eigenvalue weighted by Crippen LogP contribution is -2.39. The number of rotatable bonds is 3. The van der Waals surface area contributed by atoms with Crippen molar-refractivity contribution in [2.75, 3.05) is 7.11 Å². The van der Waals surface area contributed by atoms with Gasteiger partial charge in [0.2, 0.25) is 0 Å². The number of ether oxygens (including phenoxy) is 2. The summed E-state index contributed by atoms with van der Waals surface area (Å²) in [6.07, 6.45) is 2.66. The monoisotopic (exact) mass is 507 g/mol. The highest BCUT2D eigenvalue weighted by atomic mass is 32.1. The SMILES string of the molecule is COC1/C=C(/C)CCC[C@H](C)[C@H](O)[C@@H](C)C(=O)C(C)[C@@H](O)CC(=O)O[C@@H]1/C(C)=C/c1csc(C)n1. The molecule has 0 aliphatic carbocycles. The Morgan fingerprint density at radius 1 is 1.20 bits per heavy atom. The lowest BCUT2D eigenvalue weighted by Gasteiger charge is -2.29. The predicted molar refractivity (Wildman–Crippen MR) is 138 cm³/mol. The van der Waals surface area contributed by atoms with Crippen molar-refractivity contribution in [3.8, 4) is 0 Å². The van der Waals surface area contributed by atoms with Gasteiger partial charge in [0.25, 0.3) is 0 Å². The van der Waals surface area contributed by atoms with Crippen LogP contribution < -0.4 is 0 Å². The van der Waals surface area contributed by atoms with E-state index >= 15 is 0 Å². The maximum Gasteiger partial charge on any atom is 0.309 e. The molecular weight excluding hydrogens is 466 g/mol. The quantitative estimate of drug-likeness (QED) is 0.458. The van der Waals surface area contributed by atoms with Crippen LogP contribution in [0.1, 0.15) is 71.0 Å². The number of carbonyl (C=O) groups excluding carboxylic acids is 2. The molecular formula is C27H41NO6S. The van der Waals surface area contributed by atoms with Gasteiger partial charge in [0.15, 0.2) is 6.10 Å². The van der Waals surface area contributed by atoms with E-state index in [4.69, 9.17) is 9.47 Å². The van der Waals surface area contributed by atoms with E-state index in [9.17, 15) is 19.8 Å². The summed E-state index contributed by atoms with van der Waals surface area (Å²) < 4.78 is 11.6. The molecule has 2 rings (SSSR count). The van der Waals surface area contributed by atoms with Gasteiger partial charge in [0.1, 0.15) is 11.9 Å². The molecule has 196 valence electrons. The molecule has 1 aromatic rings. The first-order chi connectivity index (χ1) is 16.4. The van der Waals surface area contributed by atoms with Crippen molar-refractivity contribution in [3.05, 3.63) is 33.3 Å². The van der Waals surface area contributed by atoms with Crippen LogP contribution in [0.4, 0.5) is 0 Å². The van der Waals surface area contributed by atoms with Crippen LogP contribution >= 0.6 is 11.3 Å². The molecule has 2 unspecified atom stereocenters. The summed E-state index contributed by atoms with van der Waals surface area (Å²) in [4.78, 5) is 30.3. The number of ketones is 1. The highest BCUT2D eigenvalue weighted by Crippen LogP contribution is 2.27. The van der Waals surface area contributed by atoms with Crippen LogP contribution in [0.3, 0.4) is 0 Å². The highest BCUT2D eigenvalue weighted by Gasteiger charge is 2.35. The van der Waals surface area contributed by atoms with Gasteiger partial charge in [-0.05, 0) is 57.6 Å². The van der Waals surface area contributed by atoms with Crippen LogP contribution in [-0.4, -0.2) is 58.5 Å². The predicted octanol–water partition coefficient (Wildman–Crippen LogP) is 4.50. The van der Waals surface area contributed by atoms with Crippen molar-refractivity contribution in [1.82, 2.24) is 4.98 Å².